The van der Waals surface area contributed by atoms with E-state index in [1.165, 1.54) is 5.57 Å². The average molecular weight is 303 g/mol. The van der Waals surface area contributed by atoms with Crippen molar-refractivity contribution in [1.82, 2.24) is 9.88 Å². The standard InChI is InChI=1S/C16H19ClN4/c1-16(2,3)21-13-10-19-9-6-12(13)14(20-15(21)17)11-4-7-18-8-5-11/h4-5,7-8,10,15H,6,9H2,1-3H3. The number of alkyl halides is 1. The lowest BCUT2D eigenvalue weighted by molar-refractivity contribution is 0.177. The first-order chi connectivity index (χ1) is 9.98. The maximum atomic E-state index is 6.56. The summed E-state index contributed by atoms with van der Waals surface area (Å²) < 4.78 is 0. The van der Waals surface area contributed by atoms with Gasteiger partial charge in [0.15, 0.2) is 5.62 Å². The van der Waals surface area contributed by atoms with Crippen LogP contribution in [0.3, 0.4) is 0 Å². The van der Waals surface area contributed by atoms with Gasteiger partial charge in [0.05, 0.1) is 11.4 Å². The minimum atomic E-state index is -0.420. The van der Waals surface area contributed by atoms with E-state index in [0.717, 1.165) is 29.9 Å². The number of dihydropyridines is 1. The molecule has 0 fully saturated rings. The molecule has 21 heavy (non-hydrogen) atoms. The number of pyridine rings is 1. The smallest absolute Gasteiger partial charge is 0.198 e. The molecule has 4 nitrogen and oxygen atoms in total. The molecule has 1 atom stereocenters. The first-order valence-corrected chi connectivity index (χ1v) is 7.57. The first kappa shape index (κ1) is 14.3. The Morgan fingerprint density at radius 1 is 1.24 bits per heavy atom. The Kier molecular flexibility index (Phi) is 3.57. The highest BCUT2D eigenvalue weighted by atomic mass is 35.5. The molecule has 1 unspecified atom stereocenters. The van der Waals surface area contributed by atoms with Gasteiger partial charge in [0.25, 0.3) is 0 Å². The summed E-state index contributed by atoms with van der Waals surface area (Å²) in [6.45, 7) is 7.22. The lowest BCUT2D eigenvalue weighted by atomic mass is 9.93. The van der Waals surface area contributed by atoms with Gasteiger partial charge < -0.3 is 4.90 Å². The fraction of sp³-hybridized carbons (Fsp3) is 0.438. The summed E-state index contributed by atoms with van der Waals surface area (Å²) in [6, 6.07) is 3.96. The van der Waals surface area contributed by atoms with Crippen molar-refractivity contribution < 1.29 is 0 Å². The van der Waals surface area contributed by atoms with E-state index in [-0.39, 0.29) is 5.54 Å². The SMILES string of the molecule is CC(C)(C)N1C2=C(CCN=C2)C(c2ccncc2)=NC1Cl. The third-order valence-corrected chi connectivity index (χ3v) is 3.98. The van der Waals surface area contributed by atoms with Crippen molar-refractivity contribution in [1.29, 1.82) is 0 Å². The second-order valence-corrected chi connectivity index (χ2v) is 6.60. The Morgan fingerprint density at radius 3 is 2.62 bits per heavy atom. The van der Waals surface area contributed by atoms with Gasteiger partial charge in [-0.25, -0.2) is 4.99 Å². The van der Waals surface area contributed by atoms with E-state index in [9.17, 15) is 0 Å². The molecule has 110 valence electrons. The maximum absolute atomic E-state index is 6.56. The number of nitrogens with zero attached hydrogens (tertiary/aromatic N) is 4. The molecule has 3 heterocycles. The van der Waals surface area contributed by atoms with Crippen LogP contribution in [0.1, 0.15) is 32.8 Å². The van der Waals surface area contributed by atoms with Crippen LogP contribution in [0.2, 0.25) is 0 Å². The van der Waals surface area contributed by atoms with Gasteiger partial charge in [0, 0.05) is 41.8 Å². The molecule has 1 aromatic rings. The lowest BCUT2D eigenvalue weighted by Crippen LogP contribution is -2.48. The molecule has 3 rings (SSSR count). The average Bonchev–Trinajstić information content (AvgIpc) is 2.46. The predicted octanol–water partition coefficient (Wildman–Crippen LogP) is 3.24. The quantitative estimate of drug-likeness (QED) is 0.590. The van der Waals surface area contributed by atoms with Gasteiger partial charge in [0.2, 0.25) is 0 Å². The highest BCUT2D eigenvalue weighted by Gasteiger charge is 2.36. The Morgan fingerprint density at radius 2 is 1.95 bits per heavy atom. The molecule has 2 aliphatic rings. The molecule has 0 aromatic carbocycles. The Bertz CT molecular complexity index is 625. The molecule has 0 radical (unpaired) electrons. The van der Waals surface area contributed by atoms with E-state index < -0.39 is 5.62 Å². The van der Waals surface area contributed by atoms with Gasteiger partial charge in [-0.1, -0.05) is 11.6 Å². The fourth-order valence-corrected chi connectivity index (χ4v) is 3.27. The number of hydrogen-bond donors (Lipinski definition) is 0. The zero-order valence-electron chi connectivity index (χ0n) is 12.5. The van der Waals surface area contributed by atoms with Crippen molar-refractivity contribution in [3.8, 4) is 0 Å². The summed E-state index contributed by atoms with van der Waals surface area (Å²) in [7, 11) is 0. The summed E-state index contributed by atoms with van der Waals surface area (Å²) in [5.74, 6) is 0. The lowest BCUT2D eigenvalue weighted by Gasteiger charge is -2.44. The molecule has 0 bridgehead atoms. The third-order valence-electron chi connectivity index (χ3n) is 3.68. The molecule has 0 N–H and O–H groups in total. The highest BCUT2D eigenvalue weighted by Crippen LogP contribution is 2.34. The van der Waals surface area contributed by atoms with Crippen molar-refractivity contribution in [2.45, 2.75) is 38.4 Å². The minimum Gasteiger partial charge on any atom is -0.331 e. The summed E-state index contributed by atoms with van der Waals surface area (Å²) in [6.07, 6.45) is 6.40. The van der Waals surface area contributed by atoms with E-state index in [1.807, 2.05) is 18.3 Å². The van der Waals surface area contributed by atoms with Crippen molar-refractivity contribution in [2.24, 2.45) is 9.98 Å². The van der Waals surface area contributed by atoms with Crippen LogP contribution >= 0.6 is 11.6 Å². The topological polar surface area (TPSA) is 40.9 Å². The summed E-state index contributed by atoms with van der Waals surface area (Å²) in [4.78, 5) is 15.4. The number of aromatic nitrogens is 1. The fourth-order valence-electron chi connectivity index (χ4n) is 2.78. The summed E-state index contributed by atoms with van der Waals surface area (Å²) in [5, 5.41) is 0. The summed E-state index contributed by atoms with van der Waals surface area (Å²) >= 11 is 6.56. The van der Waals surface area contributed by atoms with E-state index >= 15 is 0 Å². The van der Waals surface area contributed by atoms with E-state index in [2.05, 4.69) is 35.6 Å². The highest BCUT2D eigenvalue weighted by molar-refractivity contribution is 6.24. The maximum Gasteiger partial charge on any atom is 0.198 e. The molecule has 1 aromatic heterocycles. The van der Waals surface area contributed by atoms with Crippen molar-refractivity contribution in [3.05, 3.63) is 41.4 Å². The Labute approximate surface area is 130 Å². The summed E-state index contributed by atoms with van der Waals surface area (Å²) in [5.41, 5.74) is 3.82. The van der Waals surface area contributed by atoms with Crippen LogP contribution in [0.25, 0.3) is 0 Å². The van der Waals surface area contributed by atoms with Crippen molar-refractivity contribution in [2.75, 3.05) is 6.54 Å². The number of halogens is 1. The molecular formula is C16H19ClN4. The van der Waals surface area contributed by atoms with E-state index in [1.54, 1.807) is 12.4 Å². The molecule has 0 aliphatic carbocycles. The molecule has 0 saturated heterocycles. The van der Waals surface area contributed by atoms with Gasteiger partial charge in [0.1, 0.15) is 0 Å². The molecule has 0 saturated carbocycles. The first-order valence-electron chi connectivity index (χ1n) is 7.13. The Balaban J connectivity index is 2.12. The second kappa shape index (κ2) is 5.26. The molecule has 0 spiro atoms. The monoisotopic (exact) mass is 302 g/mol. The number of rotatable bonds is 1. The number of aliphatic imine (C=N–C) groups is 2. The van der Waals surface area contributed by atoms with E-state index in [0.29, 0.717) is 0 Å². The van der Waals surface area contributed by atoms with Gasteiger partial charge in [-0.2, -0.15) is 0 Å². The van der Waals surface area contributed by atoms with Crippen LogP contribution in [0, 0.1) is 0 Å². The normalized spacial score (nSPS) is 22.2. The largest absolute Gasteiger partial charge is 0.331 e. The zero-order chi connectivity index (χ0) is 15.0. The van der Waals surface area contributed by atoms with Crippen LogP contribution in [0.4, 0.5) is 0 Å². The van der Waals surface area contributed by atoms with Crippen LogP contribution in [-0.2, 0) is 0 Å². The van der Waals surface area contributed by atoms with Crippen LogP contribution in [0.15, 0.2) is 45.8 Å². The van der Waals surface area contributed by atoms with Crippen LogP contribution in [0.5, 0.6) is 0 Å². The molecule has 5 heteroatoms. The second-order valence-electron chi connectivity index (χ2n) is 6.21. The minimum absolute atomic E-state index is 0.108. The number of allylic oxidation sites excluding steroid dienone is 1. The third kappa shape index (κ3) is 2.60. The van der Waals surface area contributed by atoms with Crippen molar-refractivity contribution in [3.63, 3.8) is 0 Å². The van der Waals surface area contributed by atoms with E-state index in [4.69, 9.17) is 16.6 Å². The van der Waals surface area contributed by atoms with Gasteiger partial charge in [-0.05, 0) is 39.3 Å². The number of hydrogen-bond acceptors (Lipinski definition) is 4. The van der Waals surface area contributed by atoms with Crippen molar-refractivity contribution >= 4 is 23.5 Å². The predicted molar refractivity (Wildman–Crippen MR) is 87.0 cm³/mol. The van der Waals surface area contributed by atoms with Gasteiger partial charge in [-0.15, -0.1) is 0 Å². The molecular weight excluding hydrogens is 284 g/mol. The zero-order valence-corrected chi connectivity index (χ0v) is 13.3. The van der Waals surface area contributed by atoms with Crippen LogP contribution in [-0.4, -0.2) is 39.5 Å². The Hall–Kier alpha value is -1.68. The molecule has 2 aliphatic heterocycles. The molecule has 0 amide bonds. The van der Waals surface area contributed by atoms with Crippen LogP contribution < -0.4 is 0 Å². The van der Waals surface area contributed by atoms with Gasteiger partial charge >= 0.3 is 0 Å². The van der Waals surface area contributed by atoms with Gasteiger partial charge in [-0.3, -0.25) is 9.98 Å².